The summed E-state index contributed by atoms with van der Waals surface area (Å²) in [7, 11) is 1.33. The van der Waals surface area contributed by atoms with Crippen molar-refractivity contribution in [2.75, 3.05) is 30.8 Å². The van der Waals surface area contributed by atoms with E-state index in [4.69, 9.17) is 37.4 Å². The number of rotatable bonds is 10. The third-order valence-corrected chi connectivity index (χ3v) is 19.2. The molecular weight excluding hydrogens is 1200 g/mol. The first-order valence-corrected chi connectivity index (χ1v) is 31.6. The number of carboxylic acid groups (broad SMARTS) is 1. The molecule has 4 aliphatic heterocycles. The maximum atomic E-state index is 14.3. The van der Waals surface area contributed by atoms with Gasteiger partial charge in [-0.3, -0.25) is 19.2 Å². The molecule has 19 nitrogen and oxygen atoms in total. The van der Waals surface area contributed by atoms with Crippen molar-refractivity contribution in [1.82, 2.24) is 30.4 Å². The van der Waals surface area contributed by atoms with Crippen molar-refractivity contribution in [3.63, 3.8) is 0 Å². The average Bonchev–Trinajstić information content (AvgIpc) is 1.79. The molecule has 24 heteroatoms. The monoisotopic (exact) mass is 1270 g/mol. The van der Waals surface area contributed by atoms with Gasteiger partial charge in [0, 0.05) is 46.1 Å². The number of hydrogen-bond acceptors (Lipinski definition) is 16. The molecule has 0 bridgehead atoms. The van der Waals surface area contributed by atoms with Gasteiger partial charge in [-0.25, -0.2) is 19.6 Å². The topological polar surface area (TPSA) is 261 Å². The van der Waals surface area contributed by atoms with E-state index >= 15 is 0 Å². The van der Waals surface area contributed by atoms with Crippen LogP contribution >= 0.6 is 45.9 Å². The molecule has 4 aromatic carbocycles. The molecule has 454 valence electrons. The van der Waals surface area contributed by atoms with E-state index in [-0.39, 0.29) is 90.5 Å². The van der Waals surface area contributed by atoms with Crippen molar-refractivity contribution < 1.29 is 83.1 Å². The molecule has 2 aliphatic carbocycles. The summed E-state index contributed by atoms with van der Waals surface area (Å²) >= 11 is 15.0. The SMILES string of the molecule is COC(=O)[C@@]12C[C@H]1/C=C\CCCCC[C@H](Nc1ccc(Cl)cc1)C(=O)N1C[C@H](Oc3nc4ccccc4s3)C[C@H]1C(=O)N2.O=C1N[C@]2(C(=O)O)C[C@H]2/C=C\CCCCC[C@H](Nc2ccc(Cl)cc2)C(=O)N2C[C@H](Oc3nc4ccccc4s3)C[C@@H]12.[Na+].[OH-]. The second kappa shape index (κ2) is 28.9. The van der Waals surface area contributed by atoms with Gasteiger partial charge >= 0.3 is 41.5 Å². The van der Waals surface area contributed by atoms with Gasteiger partial charge in [-0.1, -0.05) is 120 Å². The zero-order valence-electron chi connectivity index (χ0n) is 48.4. The molecule has 6 heterocycles. The molecule has 87 heavy (non-hydrogen) atoms. The number of aliphatic carboxylic acids is 1. The zero-order chi connectivity index (χ0) is 59.2. The Morgan fingerprint density at radius 1 is 0.621 bits per heavy atom. The molecular formula is C63H69Cl2N8NaO11S2. The summed E-state index contributed by atoms with van der Waals surface area (Å²) in [5.41, 5.74) is 0.717. The van der Waals surface area contributed by atoms with Gasteiger partial charge in [0.2, 0.25) is 23.6 Å². The molecule has 6 N–H and O–H groups in total. The number of carboxylic acids is 1. The summed E-state index contributed by atoms with van der Waals surface area (Å²) in [5.74, 6) is -3.21. The summed E-state index contributed by atoms with van der Waals surface area (Å²) in [6.45, 7) is 0.412. The van der Waals surface area contributed by atoms with Crippen LogP contribution in [0.25, 0.3) is 20.4 Å². The van der Waals surface area contributed by atoms with Gasteiger partial charge in [0.15, 0.2) is 0 Å². The minimum atomic E-state index is -1.35. The van der Waals surface area contributed by atoms with Gasteiger partial charge < -0.3 is 55.9 Å². The number of amides is 4. The molecule has 6 aliphatic rings. The number of carbonyl (C=O) groups is 6. The first kappa shape index (κ1) is 65.2. The molecule has 2 saturated heterocycles. The maximum Gasteiger partial charge on any atom is 1.00 e. The molecule has 0 radical (unpaired) electrons. The Morgan fingerprint density at radius 2 is 1.05 bits per heavy atom. The van der Waals surface area contributed by atoms with Crippen LogP contribution in [-0.4, -0.2) is 134 Å². The number of esters is 1. The van der Waals surface area contributed by atoms with Crippen molar-refractivity contribution >= 4 is 113 Å². The molecule has 4 amide bonds. The van der Waals surface area contributed by atoms with E-state index in [2.05, 4.69) is 37.3 Å². The summed E-state index contributed by atoms with van der Waals surface area (Å²) in [4.78, 5) is 93.7. The Hall–Kier alpha value is -6.30. The normalized spacial score (nSPS) is 28.1. The summed E-state index contributed by atoms with van der Waals surface area (Å²) in [6, 6.07) is 27.1. The van der Waals surface area contributed by atoms with Crippen molar-refractivity contribution in [2.45, 2.75) is 137 Å². The number of benzene rings is 4. The van der Waals surface area contributed by atoms with Gasteiger partial charge in [-0.2, -0.15) is 0 Å². The first-order valence-electron chi connectivity index (χ1n) is 29.2. The third kappa shape index (κ3) is 15.2. The predicted octanol–water partition coefficient (Wildman–Crippen LogP) is 7.43. The van der Waals surface area contributed by atoms with E-state index < -0.39 is 65.3 Å². The van der Waals surface area contributed by atoms with Crippen LogP contribution < -0.4 is 60.3 Å². The van der Waals surface area contributed by atoms with Crippen molar-refractivity contribution in [3.05, 3.63) is 131 Å². The minimum absolute atomic E-state index is 0. The number of para-hydroxylation sites is 2. The van der Waals surface area contributed by atoms with E-state index in [1.807, 2.05) is 91.0 Å². The van der Waals surface area contributed by atoms with Gasteiger partial charge in [-0.15, -0.1) is 0 Å². The second-order valence-corrected chi connectivity index (χ2v) is 25.6. The third-order valence-electron chi connectivity index (χ3n) is 16.9. The average molecular weight is 1270 g/mol. The van der Waals surface area contributed by atoms with Crippen LogP contribution in [0.4, 0.5) is 11.4 Å². The van der Waals surface area contributed by atoms with Crippen LogP contribution in [0.5, 0.6) is 10.4 Å². The quantitative estimate of drug-likeness (QED) is 0.0507. The fraction of sp³-hybridized carbons (Fsp3) is 0.429. The smallest absolute Gasteiger partial charge is 0.870 e. The number of halogens is 2. The van der Waals surface area contributed by atoms with Gasteiger partial charge in [-0.05, 0) is 124 Å². The number of carbonyl (C=O) groups excluding carboxylic acids is 5. The Bertz CT molecular complexity index is 3440. The number of ether oxygens (including phenoxy) is 3. The van der Waals surface area contributed by atoms with Crippen LogP contribution in [-0.2, 0) is 33.5 Å². The van der Waals surface area contributed by atoms with Crippen LogP contribution in [0, 0.1) is 11.8 Å². The van der Waals surface area contributed by atoms with Gasteiger partial charge in [0.25, 0.3) is 10.4 Å². The number of nitrogens with zero attached hydrogens (tertiary/aromatic N) is 4. The first-order chi connectivity index (χ1) is 41.2. The second-order valence-electron chi connectivity index (χ2n) is 22.7. The molecule has 0 spiro atoms. The van der Waals surface area contributed by atoms with Crippen LogP contribution in [0.1, 0.15) is 89.9 Å². The zero-order valence-corrected chi connectivity index (χ0v) is 53.6. The van der Waals surface area contributed by atoms with Crippen molar-refractivity contribution in [3.8, 4) is 10.4 Å². The fourth-order valence-corrected chi connectivity index (χ4v) is 14.1. The van der Waals surface area contributed by atoms with Gasteiger partial charge in [0.1, 0.15) is 47.5 Å². The van der Waals surface area contributed by atoms with E-state index in [0.717, 1.165) is 83.2 Å². The number of hydrogen-bond donors (Lipinski definition) is 5. The number of fused-ring (bicyclic) bond motifs is 6. The van der Waals surface area contributed by atoms with Crippen LogP contribution in [0.15, 0.2) is 121 Å². The number of nitrogens with one attached hydrogen (secondary N) is 4. The van der Waals surface area contributed by atoms with Crippen LogP contribution in [0.3, 0.4) is 0 Å². The van der Waals surface area contributed by atoms with Crippen molar-refractivity contribution in [2.24, 2.45) is 11.8 Å². The summed E-state index contributed by atoms with van der Waals surface area (Å²) < 4.78 is 19.6. The Labute approximate surface area is 544 Å². The predicted molar refractivity (Wildman–Crippen MR) is 330 cm³/mol. The number of anilines is 2. The van der Waals surface area contributed by atoms with Crippen LogP contribution in [0.2, 0.25) is 10.0 Å². The standard InChI is InChI=1S/C32H35ClN4O5S.C31H33ClN4O5S.Na.H2O/c1-41-30(40)32-18-20(32)9-5-3-2-4-6-11-25(34-22-15-13-21(33)14-16-22)29(39)37-19-23(17-26(37)28(38)36-32)42-31-35-24-10-7-8-12-27(24)43-31;32-20-12-14-21(15-13-20)33-24-10-5-3-1-2-4-8-19-17-31(19,29(39)40)35-27(37)25-16-22(18-36(25)28(24)38)41-30-34-23-9-6-7-11-26(23)42-30;;/h5,7-10,12-16,20,23,25-26,34H,2-4,6,11,17-19H2,1H3,(H,36,38);4,6-9,11-15,19,22,24-25,33H,1-3,5,10,16-18H2,(H,35,37)(H,39,40);;1H2/q;;+1;/p-1/b9-5-;8-4-;;/t20-,23-,25+,26+,32-;19-,22-,24+,25+,31-;;/m11../s1. The Balaban J connectivity index is 0.000000203. The number of allylic oxidation sites excluding steroid dienone is 2. The molecule has 2 aromatic heterocycles. The molecule has 10 atom stereocenters. The molecule has 0 unspecified atom stereocenters. The summed E-state index contributed by atoms with van der Waals surface area (Å²) in [6.07, 6.45) is 16.7. The van der Waals surface area contributed by atoms with E-state index in [9.17, 15) is 33.9 Å². The largest absolute Gasteiger partial charge is 1.00 e. The fourth-order valence-electron chi connectivity index (χ4n) is 12.0. The number of methoxy groups -OCH3 is 1. The van der Waals surface area contributed by atoms with E-state index in [0.29, 0.717) is 46.1 Å². The van der Waals surface area contributed by atoms with Crippen molar-refractivity contribution in [1.29, 1.82) is 0 Å². The summed E-state index contributed by atoms with van der Waals surface area (Å²) in [5, 5.41) is 24.8. The maximum absolute atomic E-state index is 14.3. The van der Waals surface area contributed by atoms with Gasteiger partial charge in [0.05, 0.1) is 40.6 Å². The number of thiazole rings is 2. The Kier molecular flexibility index (Phi) is 21.6. The Morgan fingerprint density at radius 3 is 1.48 bits per heavy atom. The minimum Gasteiger partial charge on any atom is -0.870 e. The molecule has 4 fully saturated rings. The molecule has 6 aromatic rings. The molecule has 2 saturated carbocycles. The van der Waals surface area contributed by atoms with E-state index in [1.165, 1.54) is 29.8 Å². The van der Waals surface area contributed by atoms with E-state index in [1.54, 1.807) is 34.1 Å². The number of aromatic nitrogens is 2. The molecule has 12 rings (SSSR count).